The molecule has 3 aromatic rings. The number of anilines is 4. The molecule has 0 radical (unpaired) electrons. The lowest BCUT2D eigenvalue weighted by atomic mass is 9.91. The van der Waals surface area contributed by atoms with Crippen molar-refractivity contribution < 1.29 is 18.7 Å². The minimum Gasteiger partial charge on any atom is -0.466 e. The SMILES string of the molecule is CCOC(=O)C1CC12CCN(c1ccc(NC(=O)c3nnc(Nc4ccc(C)cc4)o3)cn1)CC2. The lowest BCUT2D eigenvalue weighted by Gasteiger charge is -2.33. The van der Waals surface area contributed by atoms with Gasteiger partial charge in [0.1, 0.15) is 5.82 Å². The van der Waals surface area contributed by atoms with Crippen LogP contribution in [0.3, 0.4) is 0 Å². The van der Waals surface area contributed by atoms with Crippen LogP contribution in [-0.4, -0.2) is 46.8 Å². The van der Waals surface area contributed by atoms with Crippen molar-refractivity contribution in [2.24, 2.45) is 11.3 Å². The Morgan fingerprint density at radius 3 is 2.54 bits per heavy atom. The molecule has 1 saturated carbocycles. The number of pyridine rings is 1. The van der Waals surface area contributed by atoms with E-state index in [1.54, 1.807) is 12.3 Å². The number of aromatic nitrogens is 3. The number of hydrogen-bond donors (Lipinski definition) is 2. The molecule has 1 aliphatic carbocycles. The maximum atomic E-state index is 12.5. The molecule has 1 aromatic carbocycles. The zero-order chi connectivity index (χ0) is 24.4. The third kappa shape index (κ3) is 4.96. The number of rotatable bonds is 7. The molecule has 10 nitrogen and oxygen atoms in total. The fourth-order valence-electron chi connectivity index (χ4n) is 4.62. The number of hydrogen-bond acceptors (Lipinski definition) is 9. The maximum absolute atomic E-state index is 12.5. The van der Waals surface area contributed by atoms with Gasteiger partial charge in [-0.3, -0.25) is 9.59 Å². The molecular formula is C25H28N6O4. The first kappa shape index (κ1) is 22.8. The highest BCUT2D eigenvalue weighted by atomic mass is 16.5. The van der Waals surface area contributed by atoms with Crippen molar-refractivity contribution in [3.05, 3.63) is 54.0 Å². The van der Waals surface area contributed by atoms with Gasteiger partial charge in [-0.25, -0.2) is 4.98 Å². The number of benzene rings is 1. The molecule has 2 aliphatic rings. The molecule has 1 saturated heterocycles. The molecule has 3 heterocycles. The molecule has 0 bridgehead atoms. The molecule has 2 fully saturated rings. The monoisotopic (exact) mass is 476 g/mol. The van der Waals surface area contributed by atoms with Gasteiger partial charge in [0.15, 0.2) is 0 Å². The summed E-state index contributed by atoms with van der Waals surface area (Å²) in [7, 11) is 0. The van der Waals surface area contributed by atoms with Crippen LogP contribution < -0.4 is 15.5 Å². The average Bonchev–Trinajstić information content (AvgIpc) is 3.35. The Bertz CT molecular complexity index is 1200. The molecule has 1 unspecified atom stereocenters. The zero-order valence-corrected chi connectivity index (χ0v) is 19.8. The van der Waals surface area contributed by atoms with Crippen molar-refractivity contribution >= 4 is 35.1 Å². The number of nitrogens with one attached hydrogen (secondary N) is 2. The van der Waals surface area contributed by atoms with Gasteiger partial charge in [0.2, 0.25) is 0 Å². The van der Waals surface area contributed by atoms with E-state index < -0.39 is 5.91 Å². The molecule has 35 heavy (non-hydrogen) atoms. The number of carbonyl (C=O) groups is 2. The largest absolute Gasteiger partial charge is 0.466 e. The lowest BCUT2D eigenvalue weighted by Crippen LogP contribution is -2.36. The van der Waals surface area contributed by atoms with Crippen molar-refractivity contribution in [3.8, 4) is 0 Å². The Morgan fingerprint density at radius 2 is 1.86 bits per heavy atom. The Hall–Kier alpha value is -3.95. The van der Waals surface area contributed by atoms with Crippen LogP contribution in [0.1, 0.15) is 42.4 Å². The topological polar surface area (TPSA) is 122 Å². The highest BCUT2D eigenvalue weighted by molar-refractivity contribution is 6.00. The van der Waals surface area contributed by atoms with E-state index in [-0.39, 0.29) is 29.2 Å². The van der Waals surface area contributed by atoms with Crippen LogP contribution in [0.25, 0.3) is 0 Å². The smallest absolute Gasteiger partial charge is 0.320 e. The van der Waals surface area contributed by atoms with Crippen LogP contribution in [0.4, 0.5) is 23.2 Å². The summed E-state index contributed by atoms with van der Waals surface area (Å²) in [6, 6.07) is 11.5. The van der Waals surface area contributed by atoms with E-state index in [9.17, 15) is 9.59 Å². The fraction of sp³-hybridized carbons (Fsp3) is 0.400. The molecule has 1 amide bonds. The first-order valence-corrected chi connectivity index (χ1v) is 11.8. The Kier molecular flexibility index (Phi) is 6.10. The zero-order valence-electron chi connectivity index (χ0n) is 19.8. The predicted molar refractivity (Wildman–Crippen MR) is 130 cm³/mol. The Labute approximate surface area is 203 Å². The number of nitrogens with zero attached hydrogens (tertiary/aromatic N) is 4. The summed E-state index contributed by atoms with van der Waals surface area (Å²) in [6.07, 6.45) is 4.44. The minimum absolute atomic E-state index is 0.0486. The van der Waals surface area contributed by atoms with Crippen LogP contribution >= 0.6 is 0 Å². The minimum atomic E-state index is -0.511. The Balaban J connectivity index is 1.13. The van der Waals surface area contributed by atoms with E-state index >= 15 is 0 Å². The second kappa shape index (κ2) is 9.36. The summed E-state index contributed by atoms with van der Waals surface area (Å²) in [5.41, 5.74) is 2.56. The van der Waals surface area contributed by atoms with Crippen LogP contribution in [0.5, 0.6) is 0 Å². The first-order valence-electron chi connectivity index (χ1n) is 11.8. The van der Waals surface area contributed by atoms with Crippen molar-refractivity contribution in [3.63, 3.8) is 0 Å². The maximum Gasteiger partial charge on any atom is 0.320 e. The number of carbonyl (C=O) groups excluding carboxylic acids is 2. The number of aryl methyl sites for hydroxylation is 1. The molecule has 1 aliphatic heterocycles. The number of esters is 1. The second-order valence-electron chi connectivity index (χ2n) is 9.12. The van der Waals surface area contributed by atoms with Gasteiger partial charge >= 0.3 is 23.8 Å². The van der Waals surface area contributed by atoms with E-state index in [0.29, 0.717) is 12.3 Å². The van der Waals surface area contributed by atoms with E-state index in [2.05, 4.69) is 30.7 Å². The second-order valence-corrected chi connectivity index (χ2v) is 9.12. The van der Waals surface area contributed by atoms with Gasteiger partial charge in [-0.2, -0.15) is 0 Å². The van der Waals surface area contributed by atoms with Crippen molar-refractivity contribution in [2.45, 2.75) is 33.1 Å². The van der Waals surface area contributed by atoms with Crippen LogP contribution in [0.2, 0.25) is 0 Å². The summed E-state index contributed by atoms with van der Waals surface area (Å²) in [4.78, 5) is 31.3. The third-order valence-corrected chi connectivity index (χ3v) is 6.77. The summed E-state index contributed by atoms with van der Waals surface area (Å²) in [5.74, 6) is 0.174. The van der Waals surface area contributed by atoms with Crippen LogP contribution in [0, 0.1) is 18.3 Å². The van der Waals surface area contributed by atoms with E-state index in [4.69, 9.17) is 9.15 Å². The van der Waals surface area contributed by atoms with Gasteiger partial charge in [0, 0.05) is 18.8 Å². The van der Waals surface area contributed by atoms with E-state index in [1.807, 2.05) is 44.2 Å². The molecule has 1 spiro atoms. The van der Waals surface area contributed by atoms with Gasteiger partial charge in [-0.1, -0.05) is 22.8 Å². The number of ether oxygens (including phenoxy) is 1. The molecular weight excluding hydrogens is 448 g/mol. The predicted octanol–water partition coefficient (Wildman–Crippen LogP) is 3.94. The standard InChI is InChI=1S/C25H28N6O4/c1-3-34-23(33)19-14-25(19)10-12-31(13-11-25)20-9-8-18(15-26-20)27-21(32)22-29-30-24(35-22)28-17-6-4-16(2)5-7-17/h4-9,15,19H,3,10-14H2,1-2H3,(H,27,32)(H,28,30). The molecule has 2 N–H and O–H groups in total. The van der Waals surface area contributed by atoms with Crippen molar-refractivity contribution in [2.75, 3.05) is 35.2 Å². The summed E-state index contributed by atoms with van der Waals surface area (Å²) >= 11 is 0. The van der Waals surface area contributed by atoms with Crippen LogP contribution in [0.15, 0.2) is 47.0 Å². The molecule has 10 heteroatoms. The van der Waals surface area contributed by atoms with Crippen molar-refractivity contribution in [1.82, 2.24) is 15.2 Å². The van der Waals surface area contributed by atoms with Crippen LogP contribution in [-0.2, 0) is 9.53 Å². The van der Waals surface area contributed by atoms with E-state index in [1.165, 1.54) is 0 Å². The average molecular weight is 477 g/mol. The molecule has 2 aromatic heterocycles. The summed E-state index contributed by atoms with van der Waals surface area (Å²) in [5, 5.41) is 13.4. The molecule has 182 valence electrons. The normalized spacial score (nSPS) is 18.2. The first-order chi connectivity index (χ1) is 17.0. The fourth-order valence-corrected chi connectivity index (χ4v) is 4.62. The quantitative estimate of drug-likeness (QED) is 0.488. The van der Waals surface area contributed by atoms with Gasteiger partial charge in [0.05, 0.1) is 24.4 Å². The number of amides is 1. The summed E-state index contributed by atoms with van der Waals surface area (Å²) < 4.78 is 10.6. The van der Waals surface area contributed by atoms with E-state index in [0.717, 1.165) is 49.4 Å². The summed E-state index contributed by atoms with van der Waals surface area (Å²) in [6.45, 7) is 5.96. The number of piperidine rings is 1. The highest BCUT2D eigenvalue weighted by Crippen LogP contribution is 2.60. The lowest BCUT2D eigenvalue weighted by molar-refractivity contribution is -0.145. The molecule has 1 atom stereocenters. The van der Waals surface area contributed by atoms with Crippen molar-refractivity contribution in [1.29, 1.82) is 0 Å². The highest BCUT2D eigenvalue weighted by Gasteiger charge is 2.59. The third-order valence-electron chi connectivity index (χ3n) is 6.77. The van der Waals surface area contributed by atoms with Gasteiger partial charge in [0.25, 0.3) is 0 Å². The Morgan fingerprint density at radius 1 is 1.11 bits per heavy atom. The van der Waals surface area contributed by atoms with Gasteiger partial charge < -0.3 is 24.7 Å². The molecule has 5 rings (SSSR count). The van der Waals surface area contributed by atoms with Gasteiger partial charge in [-0.05, 0) is 62.8 Å². The van der Waals surface area contributed by atoms with Gasteiger partial charge in [-0.15, -0.1) is 5.10 Å².